The van der Waals surface area contributed by atoms with Gasteiger partial charge in [-0.3, -0.25) is 9.89 Å². The SMILES string of the molecule is CSc1cccc2c(C(C)(C)NC(=O)C3C4CNCC43)[nH]nc12. The monoisotopic (exact) mass is 330 g/mol. The average Bonchev–Trinajstić information content (AvgIpc) is 2.91. The van der Waals surface area contributed by atoms with Crippen molar-refractivity contribution in [1.82, 2.24) is 20.8 Å². The summed E-state index contributed by atoms with van der Waals surface area (Å²) < 4.78 is 0. The van der Waals surface area contributed by atoms with Crippen LogP contribution in [0.15, 0.2) is 23.1 Å². The van der Waals surface area contributed by atoms with Gasteiger partial charge in [-0.05, 0) is 51.1 Å². The van der Waals surface area contributed by atoms with Gasteiger partial charge in [0, 0.05) is 16.2 Å². The predicted molar refractivity (Wildman–Crippen MR) is 92.4 cm³/mol. The molecule has 1 amide bonds. The zero-order chi connectivity index (χ0) is 16.2. The maximum absolute atomic E-state index is 12.6. The lowest BCUT2D eigenvalue weighted by Gasteiger charge is -2.26. The molecule has 2 unspecified atom stereocenters. The van der Waals surface area contributed by atoms with Crippen molar-refractivity contribution in [2.75, 3.05) is 19.3 Å². The van der Waals surface area contributed by atoms with E-state index in [-0.39, 0.29) is 11.8 Å². The molecule has 6 heteroatoms. The fourth-order valence-electron chi connectivity index (χ4n) is 3.91. The maximum atomic E-state index is 12.6. The number of amides is 1. The van der Waals surface area contributed by atoms with E-state index >= 15 is 0 Å². The van der Waals surface area contributed by atoms with Crippen molar-refractivity contribution in [2.24, 2.45) is 17.8 Å². The molecule has 2 heterocycles. The summed E-state index contributed by atoms with van der Waals surface area (Å²) >= 11 is 1.69. The minimum Gasteiger partial charge on any atom is -0.345 e. The third-order valence-corrected chi connectivity index (χ3v) is 5.99. The van der Waals surface area contributed by atoms with Gasteiger partial charge in [0.05, 0.1) is 11.2 Å². The second-order valence-corrected chi connectivity index (χ2v) is 7.93. The molecule has 1 aromatic heterocycles. The standard InChI is InChI=1S/C17H22N4OS/c1-17(2,19-16(22)13-10-7-18-8-11(10)13)15-9-5-4-6-12(23-3)14(9)20-21-15/h4-6,10-11,13,18H,7-8H2,1-3H3,(H,19,22)(H,20,21). The Kier molecular flexibility index (Phi) is 3.43. The Morgan fingerprint density at radius 2 is 2.09 bits per heavy atom. The number of aromatic nitrogens is 2. The fourth-order valence-corrected chi connectivity index (χ4v) is 4.48. The molecule has 2 fully saturated rings. The molecule has 23 heavy (non-hydrogen) atoms. The minimum atomic E-state index is -0.465. The van der Waals surface area contributed by atoms with Crippen LogP contribution < -0.4 is 10.6 Å². The van der Waals surface area contributed by atoms with E-state index < -0.39 is 5.54 Å². The van der Waals surface area contributed by atoms with Crippen LogP contribution in [0.25, 0.3) is 10.9 Å². The van der Waals surface area contributed by atoms with Crippen molar-refractivity contribution in [1.29, 1.82) is 0 Å². The third kappa shape index (κ3) is 2.35. The quantitative estimate of drug-likeness (QED) is 0.751. The van der Waals surface area contributed by atoms with Crippen LogP contribution in [0.1, 0.15) is 19.5 Å². The lowest BCUT2D eigenvalue weighted by molar-refractivity contribution is -0.124. The van der Waals surface area contributed by atoms with Crippen LogP contribution in [0.4, 0.5) is 0 Å². The van der Waals surface area contributed by atoms with Crippen LogP contribution in [0.5, 0.6) is 0 Å². The summed E-state index contributed by atoms with van der Waals surface area (Å²) in [4.78, 5) is 13.8. The van der Waals surface area contributed by atoms with Crippen molar-refractivity contribution in [2.45, 2.75) is 24.3 Å². The van der Waals surface area contributed by atoms with Gasteiger partial charge in [0.2, 0.25) is 5.91 Å². The molecule has 1 saturated heterocycles. The molecule has 1 saturated carbocycles. The molecule has 0 bridgehead atoms. The van der Waals surface area contributed by atoms with Gasteiger partial charge in [-0.2, -0.15) is 5.10 Å². The molecule has 1 aromatic carbocycles. The van der Waals surface area contributed by atoms with Gasteiger partial charge in [-0.1, -0.05) is 12.1 Å². The summed E-state index contributed by atoms with van der Waals surface area (Å²) in [6.07, 6.45) is 2.05. The van der Waals surface area contributed by atoms with Crippen molar-refractivity contribution in [3.8, 4) is 0 Å². The zero-order valence-corrected chi connectivity index (χ0v) is 14.5. The van der Waals surface area contributed by atoms with Gasteiger partial charge in [0.15, 0.2) is 0 Å². The molecule has 4 rings (SSSR count). The second-order valence-electron chi connectivity index (χ2n) is 7.08. The number of benzene rings is 1. The number of nitrogens with zero attached hydrogens (tertiary/aromatic N) is 1. The number of hydrogen-bond acceptors (Lipinski definition) is 4. The topological polar surface area (TPSA) is 69.8 Å². The Bertz CT molecular complexity index is 759. The summed E-state index contributed by atoms with van der Waals surface area (Å²) in [6, 6.07) is 6.18. The summed E-state index contributed by atoms with van der Waals surface area (Å²) in [5.41, 5.74) is 1.48. The Morgan fingerprint density at radius 1 is 1.35 bits per heavy atom. The number of fused-ring (bicyclic) bond motifs is 2. The van der Waals surface area contributed by atoms with Crippen molar-refractivity contribution in [3.05, 3.63) is 23.9 Å². The van der Waals surface area contributed by atoms with Crippen LogP contribution in [0, 0.1) is 17.8 Å². The molecule has 3 N–H and O–H groups in total. The van der Waals surface area contributed by atoms with Crippen LogP contribution in [-0.4, -0.2) is 35.4 Å². The van der Waals surface area contributed by atoms with Crippen molar-refractivity contribution in [3.63, 3.8) is 0 Å². The number of para-hydroxylation sites is 1. The van der Waals surface area contributed by atoms with E-state index in [1.807, 2.05) is 19.9 Å². The number of H-pyrrole nitrogens is 1. The van der Waals surface area contributed by atoms with Gasteiger partial charge in [-0.15, -0.1) is 11.8 Å². The first-order valence-electron chi connectivity index (χ1n) is 8.07. The van der Waals surface area contributed by atoms with E-state index in [1.54, 1.807) is 11.8 Å². The molecule has 1 aliphatic heterocycles. The van der Waals surface area contributed by atoms with Gasteiger partial charge in [0.25, 0.3) is 0 Å². The summed E-state index contributed by atoms with van der Waals surface area (Å²) in [6.45, 7) is 6.04. The summed E-state index contributed by atoms with van der Waals surface area (Å²) in [7, 11) is 0. The van der Waals surface area contributed by atoms with Gasteiger partial charge >= 0.3 is 0 Å². The third-order valence-electron chi connectivity index (χ3n) is 5.22. The highest BCUT2D eigenvalue weighted by Crippen LogP contribution is 2.49. The molecule has 1 aliphatic carbocycles. The highest BCUT2D eigenvalue weighted by Gasteiger charge is 2.57. The predicted octanol–water partition coefficient (Wildman–Crippen LogP) is 2.10. The first kappa shape index (κ1) is 15.0. The normalized spacial score (nSPS) is 26.3. The van der Waals surface area contributed by atoms with E-state index in [9.17, 15) is 4.79 Å². The van der Waals surface area contributed by atoms with E-state index in [0.29, 0.717) is 11.8 Å². The van der Waals surface area contributed by atoms with E-state index in [1.165, 1.54) is 0 Å². The number of rotatable bonds is 4. The second kappa shape index (κ2) is 5.24. The zero-order valence-electron chi connectivity index (χ0n) is 13.6. The number of piperidine rings is 1. The Labute approximate surface area is 140 Å². The summed E-state index contributed by atoms with van der Waals surface area (Å²) in [5, 5.41) is 15.3. The number of carbonyl (C=O) groups excluding carboxylic acids is 1. The van der Waals surface area contributed by atoms with Crippen molar-refractivity contribution < 1.29 is 4.79 Å². The molecule has 5 nitrogen and oxygen atoms in total. The van der Waals surface area contributed by atoms with E-state index in [2.05, 4.69) is 39.2 Å². The first-order chi connectivity index (χ1) is 11.0. The molecular weight excluding hydrogens is 308 g/mol. The lowest BCUT2D eigenvalue weighted by Crippen LogP contribution is -2.43. The highest BCUT2D eigenvalue weighted by molar-refractivity contribution is 7.98. The smallest absolute Gasteiger partial charge is 0.224 e. The maximum Gasteiger partial charge on any atom is 0.224 e. The number of hydrogen-bond donors (Lipinski definition) is 3. The largest absolute Gasteiger partial charge is 0.345 e. The van der Waals surface area contributed by atoms with Gasteiger partial charge in [-0.25, -0.2) is 0 Å². The van der Waals surface area contributed by atoms with Crippen LogP contribution >= 0.6 is 11.8 Å². The van der Waals surface area contributed by atoms with Crippen molar-refractivity contribution >= 4 is 28.6 Å². The Morgan fingerprint density at radius 3 is 2.78 bits per heavy atom. The Hall–Kier alpha value is -1.53. The van der Waals surface area contributed by atoms with E-state index in [4.69, 9.17) is 0 Å². The fraction of sp³-hybridized carbons (Fsp3) is 0.529. The Balaban J connectivity index is 1.60. The van der Waals surface area contributed by atoms with Gasteiger partial charge < -0.3 is 10.6 Å². The van der Waals surface area contributed by atoms with E-state index in [0.717, 1.165) is 34.6 Å². The lowest BCUT2D eigenvalue weighted by atomic mass is 9.96. The summed E-state index contributed by atoms with van der Waals surface area (Å²) in [5.74, 6) is 1.43. The molecule has 2 aromatic rings. The molecule has 122 valence electrons. The average molecular weight is 330 g/mol. The number of carbonyl (C=O) groups is 1. The van der Waals surface area contributed by atoms with Gasteiger partial charge in [0.1, 0.15) is 5.52 Å². The molecule has 0 spiro atoms. The minimum absolute atomic E-state index is 0.176. The first-order valence-corrected chi connectivity index (χ1v) is 9.29. The molecule has 2 atom stereocenters. The van der Waals surface area contributed by atoms with Crippen LogP contribution in [0.2, 0.25) is 0 Å². The molecular formula is C17H22N4OS. The molecule has 2 aliphatic rings. The highest BCUT2D eigenvalue weighted by atomic mass is 32.2. The van der Waals surface area contributed by atoms with Crippen LogP contribution in [-0.2, 0) is 10.3 Å². The number of thioether (sulfide) groups is 1. The molecule has 0 radical (unpaired) electrons. The number of nitrogens with one attached hydrogen (secondary N) is 3. The van der Waals surface area contributed by atoms with Crippen LogP contribution in [0.3, 0.4) is 0 Å². The number of aromatic amines is 1.